The number of aromatic carboxylic acids is 1. The Bertz CT molecular complexity index is 668. The molecule has 0 radical (unpaired) electrons. The molecule has 21 heavy (non-hydrogen) atoms. The fraction of sp³-hybridized carbons (Fsp3) is 0.500. The molecule has 1 atom stereocenters. The van der Waals surface area contributed by atoms with Gasteiger partial charge in [-0.3, -0.25) is 0 Å². The Morgan fingerprint density at radius 2 is 2.05 bits per heavy atom. The predicted molar refractivity (Wildman–Crippen MR) is 77.0 cm³/mol. The third kappa shape index (κ3) is 3.09. The summed E-state index contributed by atoms with van der Waals surface area (Å²) in [6.07, 6.45) is -0.168. The molecular weight excluding hydrogens is 294 g/mol. The van der Waals surface area contributed by atoms with Crippen molar-refractivity contribution in [3.8, 4) is 0 Å². The number of morpholine rings is 1. The summed E-state index contributed by atoms with van der Waals surface area (Å²) in [6.45, 7) is 6.09. The maximum atomic E-state index is 12.6. The molecule has 1 fully saturated rings. The maximum absolute atomic E-state index is 12.6. The number of carbonyl (C=O) groups is 1. The van der Waals surface area contributed by atoms with Gasteiger partial charge in [0.1, 0.15) is 0 Å². The SMILES string of the molecule is Cc1cc(S(=O)(=O)N2CCO[C@H](C)C2)cc(C(=O)O)c1C. The van der Waals surface area contributed by atoms with Crippen LogP contribution in [-0.4, -0.2) is 49.6 Å². The highest BCUT2D eigenvalue weighted by Gasteiger charge is 2.30. The zero-order valence-corrected chi connectivity index (χ0v) is 13.1. The minimum atomic E-state index is -3.70. The van der Waals surface area contributed by atoms with Crippen molar-refractivity contribution in [1.82, 2.24) is 4.31 Å². The topological polar surface area (TPSA) is 83.9 Å². The number of rotatable bonds is 3. The van der Waals surface area contributed by atoms with Crippen LogP contribution in [0.5, 0.6) is 0 Å². The lowest BCUT2D eigenvalue weighted by molar-refractivity contribution is 0.0102. The molecule has 1 aliphatic heterocycles. The van der Waals surface area contributed by atoms with Crippen LogP contribution in [0.2, 0.25) is 0 Å². The first kappa shape index (κ1) is 15.9. The molecule has 7 heteroatoms. The summed E-state index contributed by atoms with van der Waals surface area (Å²) in [5.74, 6) is -1.12. The number of ether oxygens (including phenoxy) is 1. The Balaban J connectivity index is 2.47. The van der Waals surface area contributed by atoms with E-state index in [1.165, 1.54) is 16.4 Å². The molecule has 1 aromatic rings. The summed E-state index contributed by atoms with van der Waals surface area (Å²) >= 11 is 0. The lowest BCUT2D eigenvalue weighted by atomic mass is 10.0. The molecule has 2 rings (SSSR count). The van der Waals surface area contributed by atoms with Gasteiger partial charge in [0.2, 0.25) is 10.0 Å². The Labute approximate surface area is 124 Å². The predicted octanol–water partition coefficient (Wildman–Crippen LogP) is 1.41. The van der Waals surface area contributed by atoms with Gasteiger partial charge in [-0.25, -0.2) is 13.2 Å². The van der Waals surface area contributed by atoms with Gasteiger partial charge in [0.15, 0.2) is 0 Å². The summed E-state index contributed by atoms with van der Waals surface area (Å²) in [7, 11) is -3.70. The van der Waals surface area contributed by atoms with Gasteiger partial charge >= 0.3 is 5.97 Å². The standard InChI is InChI=1S/C14H19NO5S/c1-9-6-12(7-13(11(9)3)14(16)17)21(18,19)15-4-5-20-10(2)8-15/h6-7,10H,4-5,8H2,1-3H3,(H,16,17)/t10-/m1/s1. The molecule has 6 nitrogen and oxygen atoms in total. The van der Waals surface area contributed by atoms with Crippen molar-refractivity contribution < 1.29 is 23.1 Å². The van der Waals surface area contributed by atoms with Crippen LogP contribution in [0, 0.1) is 13.8 Å². The third-order valence-corrected chi connectivity index (χ3v) is 5.56. The quantitative estimate of drug-likeness (QED) is 0.912. The van der Waals surface area contributed by atoms with Gasteiger partial charge in [-0.15, -0.1) is 0 Å². The van der Waals surface area contributed by atoms with Crippen LogP contribution in [-0.2, 0) is 14.8 Å². The van der Waals surface area contributed by atoms with E-state index in [0.29, 0.717) is 17.7 Å². The normalized spacial score (nSPS) is 20.4. The van der Waals surface area contributed by atoms with E-state index in [0.717, 1.165) is 0 Å². The third-order valence-electron chi connectivity index (χ3n) is 3.71. The highest BCUT2D eigenvalue weighted by atomic mass is 32.2. The van der Waals surface area contributed by atoms with E-state index >= 15 is 0 Å². The molecule has 1 saturated heterocycles. The van der Waals surface area contributed by atoms with Gasteiger partial charge in [-0.05, 0) is 44.0 Å². The van der Waals surface area contributed by atoms with Crippen LogP contribution in [0.15, 0.2) is 17.0 Å². The average Bonchev–Trinajstić information content (AvgIpc) is 2.41. The molecule has 0 bridgehead atoms. The Kier molecular flexibility index (Phi) is 4.36. The van der Waals surface area contributed by atoms with Crippen molar-refractivity contribution in [2.24, 2.45) is 0 Å². The molecule has 0 aromatic heterocycles. The van der Waals surface area contributed by atoms with E-state index < -0.39 is 16.0 Å². The van der Waals surface area contributed by atoms with Crippen molar-refractivity contribution >= 4 is 16.0 Å². The van der Waals surface area contributed by atoms with Crippen LogP contribution < -0.4 is 0 Å². The second kappa shape index (κ2) is 5.75. The summed E-state index contributed by atoms with van der Waals surface area (Å²) in [5.41, 5.74) is 1.25. The van der Waals surface area contributed by atoms with E-state index in [1.807, 2.05) is 6.92 Å². The fourth-order valence-corrected chi connectivity index (χ4v) is 3.96. The second-order valence-electron chi connectivity index (χ2n) is 5.26. The summed E-state index contributed by atoms with van der Waals surface area (Å²) in [4.78, 5) is 11.3. The van der Waals surface area contributed by atoms with Crippen molar-refractivity contribution in [3.05, 3.63) is 28.8 Å². The molecule has 0 aliphatic carbocycles. The number of benzene rings is 1. The number of nitrogens with zero attached hydrogens (tertiary/aromatic N) is 1. The number of sulfonamides is 1. The molecule has 0 spiro atoms. The molecular formula is C14H19NO5S. The van der Waals surface area contributed by atoms with Crippen molar-refractivity contribution in [3.63, 3.8) is 0 Å². The summed E-state index contributed by atoms with van der Waals surface area (Å²) in [5, 5.41) is 9.20. The Hall–Kier alpha value is -1.44. The number of hydrogen-bond donors (Lipinski definition) is 1. The van der Waals surface area contributed by atoms with Crippen LogP contribution >= 0.6 is 0 Å². The maximum Gasteiger partial charge on any atom is 0.336 e. The minimum absolute atomic E-state index is 0.0230. The van der Waals surface area contributed by atoms with Gasteiger partial charge < -0.3 is 9.84 Å². The largest absolute Gasteiger partial charge is 0.478 e. The van der Waals surface area contributed by atoms with Crippen molar-refractivity contribution in [2.45, 2.75) is 31.8 Å². The van der Waals surface area contributed by atoms with E-state index in [-0.39, 0.29) is 29.7 Å². The van der Waals surface area contributed by atoms with Crippen LogP contribution in [0.3, 0.4) is 0 Å². The zero-order chi connectivity index (χ0) is 15.8. The molecule has 0 unspecified atom stereocenters. The molecule has 1 heterocycles. The molecule has 0 amide bonds. The van der Waals surface area contributed by atoms with E-state index in [4.69, 9.17) is 4.74 Å². The van der Waals surface area contributed by atoms with Gasteiger partial charge in [0, 0.05) is 13.1 Å². The Morgan fingerprint density at radius 1 is 1.38 bits per heavy atom. The number of hydrogen-bond acceptors (Lipinski definition) is 4. The second-order valence-corrected chi connectivity index (χ2v) is 7.20. The fourth-order valence-electron chi connectivity index (χ4n) is 2.35. The van der Waals surface area contributed by atoms with Gasteiger partial charge in [-0.2, -0.15) is 4.31 Å². The van der Waals surface area contributed by atoms with Crippen molar-refractivity contribution in [1.29, 1.82) is 0 Å². The van der Waals surface area contributed by atoms with Crippen LogP contribution in [0.25, 0.3) is 0 Å². The van der Waals surface area contributed by atoms with Gasteiger partial charge in [0.25, 0.3) is 0 Å². The van der Waals surface area contributed by atoms with Crippen LogP contribution in [0.1, 0.15) is 28.4 Å². The Morgan fingerprint density at radius 3 is 2.62 bits per heavy atom. The monoisotopic (exact) mass is 313 g/mol. The van der Waals surface area contributed by atoms with Gasteiger partial charge in [-0.1, -0.05) is 0 Å². The highest BCUT2D eigenvalue weighted by Crippen LogP contribution is 2.24. The number of carboxylic acids is 1. The molecule has 116 valence electrons. The van der Waals surface area contributed by atoms with Crippen molar-refractivity contribution in [2.75, 3.05) is 19.7 Å². The highest BCUT2D eigenvalue weighted by molar-refractivity contribution is 7.89. The zero-order valence-electron chi connectivity index (χ0n) is 12.3. The molecule has 0 saturated carbocycles. The lowest BCUT2D eigenvalue weighted by Gasteiger charge is -2.30. The molecule has 1 aliphatic rings. The van der Waals surface area contributed by atoms with E-state index in [2.05, 4.69) is 0 Å². The first-order valence-corrected chi connectivity index (χ1v) is 8.13. The van der Waals surface area contributed by atoms with Gasteiger partial charge in [0.05, 0.1) is 23.2 Å². The smallest absolute Gasteiger partial charge is 0.336 e. The first-order valence-electron chi connectivity index (χ1n) is 6.69. The van der Waals surface area contributed by atoms with Crippen LogP contribution in [0.4, 0.5) is 0 Å². The number of aryl methyl sites for hydroxylation is 1. The molecule has 1 aromatic carbocycles. The average molecular weight is 313 g/mol. The summed E-state index contributed by atoms with van der Waals surface area (Å²) < 4.78 is 32.0. The minimum Gasteiger partial charge on any atom is -0.478 e. The molecule has 1 N–H and O–H groups in total. The van der Waals surface area contributed by atoms with E-state index in [1.54, 1.807) is 13.8 Å². The number of carboxylic acid groups (broad SMARTS) is 1. The lowest BCUT2D eigenvalue weighted by Crippen LogP contribution is -2.44. The first-order chi connectivity index (χ1) is 9.73. The summed E-state index contributed by atoms with van der Waals surface area (Å²) in [6, 6.07) is 2.76. The van der Waals surface area contributed by atoms with E-state index in [9.17, 15) is 18.3 Å².